The van der Waals surface area contributed by atoms with Crippen molar-refractivity contribution in [2.45, 2.75) is 12.3 Å². The Balaban J connectivity index is 2.12. The lowest BCUT2D eigenvalue weighted by molar-refractivity contribution is 0.337. The highest BCUT2D eigenvalue weighted by Gasteiger charge is 2.25. The summed E-state index contributed by atoms with van der Waals surface area (Å²) in [6.45, 7) is 1.67. The van der Waals surface area contributed by atoms with E-state index in [-0.39, 0.29) is 23.2 Å². The van der Waals surface area contributed by atoms with E-state index < -0.39 is 0 Å². The maximum absolute atomic E-state index is 10.2. The van der Waals surface area contributed by atoms with Gasteiger partial charge in [-0.05, 0) is 54.4 Å². The van der Waals surface area contributed by atoms with Gasteiger partial charge in [0, 0.05) is 19.0 Å². The summed E-state index contributed by atoms with van der Waals surface area (Å²) in [5, 5.41) is 29.5. The van der Waals surface area contributed by atoms with Crippen LogP contribution in [-0.4, -0.2) is 40.4 Å². The minimum absolute atomic E-state index is 0.00170. The van der Waals surface area contributed by atoms with Gasteiger partial charge in [0.2, 0.25) is 0 Å². The van der Waals surface area contributed by atoms with Crippen molar-refractivity contribution in [1.82, 2.24) is 4.90 Å². The van der Waals surface area contributed by atoms with Gasteiger partial charge in [-0.15, -0.1) is 0 Å². The highest BCUT2D eigenvalue weighted by atomic mass is 127. The molecule has 6 heteroatoms. The van der Waals surface area contributed by atoms with Crippen molar-refractivity contribution in [2.24, 2.45) is 0 Å². The first-order valence-electron chi connectivity index (χ1n) is 7.34. The van der Waals surface area contributed by atoms with Crippen LogP contribution in [0.5, 0.6) is 23.0 Å². The van der Waals surface area contributed by atoms with Gasteiger partial charge in [0.15, 0.2) is 46.0 Å². The zero-order chi connectivity index (χ0) is 16.6. The third-order valence-corrected chi connectivity index (χ3v) is 4.81. The Morgan fingerprint density at radius 1 is 1.09 bits per heavy atom. The fourth-order valence-electron chi connectivity index (χ4n) is 3.08. The van der Waals surface area contributed by atoms with Crippen molar-refractivity contribution >= 4 is 23.0 Å². The smallest absolute Gasteiger partial charge is 0.192 e. The second kappa shape index (κ2) is 6.45. The number of phenols is 3. The number of halogens is 1. The van der Waals surface area contributed by atoms with Gasteiger partial charge in [0.25, 0.3) is 0 Å². The highest BCUT2D eigenvalue weighted by Crippen LogP contribution is 2.40. The Morgan fingerprint density at radius 2 is 1.87 bits per heavy atom. The van der Waals surface area contributed by atoms with Crippen LogP contribution in [0.4, 0.5) is 0 Å². The zero-order valence-electron chi connectivity index (χ0n) is 12.7. The lowest BCUT2D eigenvalue weighted by Gasteiger charge is -2.22. The maximum Gasteiger partial charge on any atom is 0.192 e. The van der Waals surface area contributed by atoms with Crippen LogP contribution in [0.15, 0.2) is 30.3 Å². The first-order chi connectivity index (χ1) is 11.0. The number of fused-ring (bicyclic) bond motifs is 1. The SMILES string of the molecule is CN1CCc2cc(OI)c(O)cc2C(c2ccc(O)c(O)c2)C1. The molecule has 1 heterocycles. The van der Waals surface area contributed by atoms with Crippen molar-refractivity contribution < 1.29 is 18.4 Å². The Kier molecular flexibility index (Phi) is 4.54. The van der Waals surface area contributed by atoms with Crippen LogP contribution < -0.4 is 3.07 Å². The number of hydrogen-bond acceptors (Lipinski definition) is 5. The monoisotopic (exact) mass is 427 g/mol. The molecule has 122 valence electrons. The number of hydrogen-bond donors (Lipinski definition) is 3. The van der Waals surface area contributed by atoms with Gasteiger partial charge < -0.3 is 23.3 Å². The van der Waals surface area contributed by atoms with Crippen LogP contribution >= 0.6 is 23.0 Å². The van der Waals surface area contributed by atoms with Gasteiger partial charge in [-0.1, -0.05) is 6.07 Å². The molecule has 0 radical (unpaired) electrons. The molecule has 0 saturated heterocycles. The summed E-state index contributed by atoms with van der Waals surface area (Å²) >= 11 is 1.76. The van der Waals surface area contributed by atoms with Crippen LogP contribution in [0.3, 0.4) is 0 Å². The summed E-state index contributed by atoms with van der Waals surface area (Å²) in [5.41, 5.74) is 3.04. The molecular weight excluding hydrogens is 409 g/mol. The predicted molar refractivity (Wildman–Crippen MR) is 95.6 cm³/mol. The van der Waals surface area contributed by atoms with Crippen LogP contribution in [0, 0.1) is 0 Å². The summed E-state index contributed by atoms with van der Waals surface area (Å²) in [6.07, 6.45) is 0.861. The summed E-state index contributed by atoms with van der Waals surface area (Å²) < 4.78 is 5.19. The maximum atomic E-state index is 10.2. The van der Waals surface area contributed by atoms with E-state index in [0.717, 1.165) is 36.2 Å². The van der Waals surface area contributed by atoms with Crippen molar-refractivity contribution in [3.8, 4) is 23.0 Å². The van der Waals surface area contributed by atoms with Crippen molar-refractivity contribution in [3.63, 3.8) is 0 Å². The molecule has 23 heavy (non-hydrogen) atoms. The second-order valence-electron chi connectivity index (χ2n) is 5.91. The number of nitrogens with zero attached hydrogens (tertiary/aromatic N) is 1. The van der Waals surface area contributed by atoms with E-state index in [1.165, 1.54) is 6.07 Å². The quantitative estimate of drug-likeness (QED) is 0.508. The van der Waals surface area contributed by atoms with Crippen molar-refractivity contribution in [3.05, 3.63) is 47.0 Å². The molecule has 1 atom stereocenters. The Hall–Kier alpha value is -1.67. The summed E-state index contributed by atoms with van der Waals surface area (Å²) in [6, 6.07) is 8.52. The number of likely N-dealkylation sites (N-methyl/N-ethyl adjacent to an activating group) is 1. The molecule has 1 aliphatic rings. The number of aromatic hydroxyl groups is 3. The second-order valence-corrected chi connectivity index (χ2v) is 6.35. The van der Waals surface area contributed by atoms with Gasteiger partial charge >= 0.3 is 0 Å². The fourth-order valence-corrected chi connectivity index (χ4v) is 3.44. The normalized spacial score (nSPS) is 18.3. The average molecular weight is 427 g/mol. The Labute approximate surface area is 148 Å². The molecule has 0 bridgehead atoms. The molecular formula is C17H18INO4. The predicted octanol–water partition coefficient (Wildman–Crippen LogP) is 3.15. The van der Waals surface area contributed by atoms with Gasteiger partial charge in [0.05, 0.1) is 0 Å². The molecule has 2 aromatic rings. The van der Waals surface area contributed by atoms with Gasteiger partial charge in [-0.3, -0.25) is 0 Å². The minimum atomic E-state index is -0.132. The summed E-state index contributed by atoms with van der Waals surface area (Å²) in [7, 11) is 2.05. The van der Waals surface area contributed by atoms with Crippen LogP contribution in [0.1, 0.15) is 22.6 Å². The van der Waals surface area contributed by atoms with E-state index in [9.17, 15) is 15.3 Å². The average Bonchev–Trinajstić information content (AvgIpc) is 2.69. The molecule has 0 saturated carbocycles. The molecule has 3 rings (SSSR count). The lowest BCUT2D eigenvalue weighted by atomic mass is 9.87. The van der Waals surface area contributed by atoms with Gasteiger partial charge in [-0.25, -0.2) is 0 Å². The van der Waals surface area contributed by atoms with Gasteiger partial charge in [-0.2, -0.15) is 0 Å². The van der Waals surface area contributed by atoms with E-state index >= 15 is 0 Å². The third kappa shape index (κ3) is 3.18. The van der Waals surface area contributed by atoms with E-state index in [1.54, 1.807) is 35.1 Å². The van der Waals surface area contributed by atoms with Gasteiger partial charge in [0.1, 0.15) is 0 Å². The topological polar surface area (TPSA) is 73.2 Å². The first-order valence-corrected chi connectivity index (χ1v) is 8.22. The van der Waals surface area contributed by atoms with Crippen LogP contribution in [0.25, 0.3) is 0 Å². The molecule has 0 fully saturated rings. The standard InChI is InChI=1S/C17H18INO4/c1-19-5-4-11-7-17(23-18)16(22)8-12(11)13(9-19)10-2-3-14(20)15(21)6-10/h2-3,6-8,13,20-22H,4-5,9H2,1H3. The van der Waals surface area contributed by atoms with Crippen LogP contribution in [0.2, 0.25) is 0 Å². The Morgan fingerprint density at radius 3 is 2.57 bits per heavy atom. The molecule has 3 N–H and O–H groups in total. The van der Waals surface area contributed by atoms with Crippen LogP contribution in [-0.2, 0) is 6.42 Å². The van der Waals surface area contributed by atoms with Crippen molar-refractivity contribution in [2.75, 3.05) is 20.1 Å². The van der Waals surface area contributed by atoms with E-state index in [1.807, 2.05) is 12.1 Å². The fraction of sp³-hybridized carbons (Fsp3) is 0.294. The largest absolute Gasteiger partial charge is 0.504 e. The highest BCUT2D eigenvalue weighted by molar-refractivity contribution is 14.1. The first kappa shape index (κ1) is 16.2. The molecule has 2 aromatic carbocycles. The molecule has 0 aliphatic carbocycles. The molecule has 0 aromatic heterocycles. The Bertz CT molecular complexity index is 735. The number of phenolic OH excluding ortho intramolecular Hbond substituents is 3. The zero-order valence-corrected chi connectivity index (χ0v) is 14.8. The number of benzene rings is 2. The summed E-state index contributed by atoms with van der Waals surface area (Å²) in [4.78, 5) is 2.22. The number of rotatable bonds is 2. The molecule has 1 unspecified atom stereocenters. The minimum Gasteiger partial charge on any atom is -0.504 e. The lowest BCUT2D eigenvalue weighted by Crippen LogP contribution is -2.24. The summed E-state index contributed by atoms with van der Waals surface area (Å²) in [5.74, 6) is 0.301. The van der Waals surface area contributed by atoms with E-state index in [4.69, 9.17) is 3.07 Å². The molecule has 1 aliphatic heterocycles. The van der Waals surface area contributed by atoms with E-state index in [0.29, 0.717) is 5.75 Å². The molecule has 0 spiro atoms. The van der Waals surface area contributed by atoms with Crippen molar-refractivity contribution in [1.29, 1.82) is 0 Å². The third-order valence-electron chi connectivity index (χ3n) is 4.34. The molecule has 0 amide bonds. The van der Waals surface area contributed by atoms with E-state index in [2.05, 4.69) is 11.9 Å². The molecule has 5 nitrogen and oxygen atoms in total.